The van der Waals surface area contributed by atoms with Crippen LogP contribution in [0.5, 0.6) is 0 Å². The Labute approximate surface area is 114 Å². The SMILES string of the molecule is COCC1=CCN(C(=O)CNc2ccccc2)CC1. The van der Waals surface area contributed by atoms with Gasteiger partial charge in [-0.2, -0.15) is 0 Å². The van der Waals surface area contributed by atoms with Gasteiger partial charge in [-0.25, -0.2) is 0 Å². The molecule has 0 bridgehead atoms. The lowest BCUT2D eigenvalue weighted by Gasteiger charge is -2.26. The van der Waals surface area contributed by atoms with E-state index in [0.717, 1.165) is 18.7 Å². The van der Waals surface area contributed by atoms with Gasteiger partial charge in [-0.3, -0.25) is 4.79 Å². The normalized spacial score (nSPS) is 15.0. The number of hydrogen-bond acceptors (Lipinski definition) is 3. The Kier molecular flexibility index (Phi) is 4.98. The van der Waals surface area contributed by atoms with Crippen LogP contribution in [-0.2, 0) is 9.53 Å². The van der Waals surface area contributed by atoms with E-state index in [2.05, 4.69) is 11.4 Å². The van der Waals surface area contributed by atoms with E-state index < -0.39 is 0 Å². The van der Waals surface area contributed by atoms with Crippen molar-refractivity contribution in [1.29, 1.82) is 0 Å². The summed E-state index contributed by atoms with van der Waals surface area (Å²) in [4.78, 5) is 13.9. The van der Waals surface area contributed by atoms with Gasteiger partial charge in [0.15, 0.2) is 0 Å². The van der Waals surface area contributed by atoms with Gasteiger partial charge in [-0.1, -0.05) is 24.3 Å². The van der Waals surface area contributed by atoms with E-state index in [9.17, 15) is 4.79 Å². The molecular formula is C15H20N2O2. The summed E-state index contributed by atoms with van der Waals surface area (Å²) in [5, 5.41) is 3.14. The number of hydrogen-bond donors (Lipinski definition) is 1. The van der Waals surface area contributed by atoms with Crippen LogP contribution < -0.4 is 5.32 Å². The lowest BCUT2D eigenvalue weighted by Crippen LogP contribution is -2.38. The lowest BCUT2D eigenvalue weighted by molar-refractivity contribution is -0.129. The zero-order chi connectivity index (χ0) is 13.5. The largest absolute Gasteiger partial charge is 0.380 e. The van der Waals surface area contributed by atoms with Gasteiger partial charge >= 0.3 is 0 Å². The summed E-state index contributed by atoms with van der Waals surface area (Å²) >= 11 is 0. The Morgan fingerprint density at radius 2 is 2.16 bits per heavy atom. The molecule has 1 aromatic carbocycles. The van der Waals surface area contributed by atoms with Gasteiger partial charge in [0.25, 0.3) is 0 Å². The molecule has 1 aliphatic rings. The standard InChI is InChI=1S/C15H20N2O2/c1-19-12-13-7-9-17(10-8-13)15(18)11-16-14-5-3-2-4-6-14/h2-7,16H,8-12H2,1H3. The lowest BCUT2D eigenvalue weighted by atomic mass is 10.1. The number of amides is 1. The number of nitrogens with zero attached hydrogens (tertiary/aromatic N) is 1. The van der Waals surface area contributed by atoms with Crippen molar-refractivity contribution in [2.45, 2.75) is 6.42 Å². The Morgan fingerprint density at radius 1 is 1.37 bits per heavy atom. The Morgan fingerprint density at radius 3 is 2.79 bits per heavy atom. The number of rotatable bonds is 5. The summed E-state index contributed by atoms with van der Waals surface area (Å²) in [5.41, 5.74) is 2.26. The van der Waals surface area contributed by atoms with E-state index in [1.165, 1.54) is 5.57 Å². The van der Waals surface area contributed by atoms with Gasteiger partial charge < -0.3 is 15.0 Å². The van der Waals surface area contributed by atoms with Gasteiger partial charge in [-0.05, 0) is 24.1 Å². The fraction of sp³-hybridized carbons (Fsp3) is 0.400. The number of para-hydroxylation sites is 1. The molecule has 1 amide bonds. The maximum atomic E-state index is 12.0. The van der Waals surface area contributed by atoms with E-state index in [0.29, 0.717) is 19.7 Å². The molecule has 1 heterocycles. The summed E-state index contributed by atoms with van der Waals surface area (Å²) < 4.78 is 5.10. The second kappa shape index (κ2) is 6.95. The molecule has 1 aliphatic heterocycles. The van der Waals surface area contributed by atoms with Gasteiger partial charge in [0, 0.05) is 25.9 Å². The molecule has 0 radical (unpaired) electrons. The minimum Gasteiger partial charge on any atom is -0.380 e. The third kappa shape index (κ3) is 4.10. The summed E-state index contributed by atoms with van der Waals surface area (Å²) in [6.45, 7) is 2.49. The Hall–Kier alpha value is -1.81. The van der Waals surface area contributed by atoms with Crippen molar-refractivity contribution < 1.29 is 9.53 Å². The molecule has 1 N–H and O–H groups in total. The van der Waals surface area contributed by atoms with Crippen LogP contribution in [0.3, 0.4) is 0 Å². The Bertz CT molecular complexity index is 443. The number of anilines is 1. The fourth-order valence-electron chi connectivity index (χ4n) is 2.10. The average molecular weight is 260 g/mol. The van der Waals surface area contributed by atoms with Crippen molar-refractivity contribution >= 4 is 11.6 Å². The van der Waals surface area contributed by atoms with Crippen molar-refractivity contribution in [3.05, 3.63) is 42.0 Å². The predicted octanol–water partition coefficient (Wildman–Crippen LogP) is 1.90. The smallest absolute Gasteiger partial charge is 0.242 e. The van der Waals surface area contributed by atoms with Crippen molar-refractivity contribution in [3.63, 3.8) is 0 Å². The van der Waals surface area contributed by atoms with Crippen LogP contribution in [-0.4, -0.2) is 44.2 Å². The van der Waals surface area contributed by atoms with E-state index >= 15 is 0 Å². The van der Waals surface area contributed by atoms with Crippen LogP contribution in [0.4, 0.5) is 5.69 Å². The van der Waals surface area contributed by atoms with Crippen LogP contribution in [0.15, 0.2) is 42.0 Å². The second-order valence-corrected chi connectivity index (χ2v) is 4.60. The molecule has 0 atom stereocenters. The summed E-state index contributed by atoms with van der Waals surface area (Å²) in [6.07, 6.45) is 3.00. The maximum Gasteiger partial charge on any atom is 0.242 e. The van der Waals surface area contributed by atoms with Crippen LogP contribution >= 0.6 is 0 Å². The number of benzene rings is 1. The second-order valence-electron chi connectivity index (χ2n) is 4.60. The molecule has 0 aromatic heterocycles. The predicted molar refractivity (Wildman–Crippen MR) is 76.1 cm³/mol. The number of methoxy groups -OCH3 is 1. The molecule has 2 rings (SSSR count). The zero-order valence-corrected chi connectivity index (χ0v) is 11.3. The van der Waals surface area contributed by atoms with Gasteiger partial charge in [-0.15, -0.1) is 0 Å². The first-order valence-electron chi connectivity index (χ1n) is 6.53. The van der Waals surface area contributed by atoms with Crippen molar-refractivity contribution in [2.75, 3.05) is 38.7 Å². The first-order valence-corrected chi connectivity index (χ1v) is 6.53. The molecule has 1 aromatic rings. The van der Waals surface area contributed by atoms with Crippen LogP contribution in [0.1, 0.15) is 6.42 Å². The summed E-state index contributed by atoms with van der Waals surface area (Å²) in [5.74, 6) is 0.136. The van der Waals surface area contributed by atoms with Gasteiger partial charge in [0.05, 0.1) is 13.2 Å². The minimum absolute atomic E-state index is 0.136. The molecule has 0 fully saturated rings. The monoisotopic (exact) mass is 260 g/mol. The van der Waals surface area contributed by atoms with Crippen molar-refractivity contribution in [3.8, 4) is 0 Å². The molecule has 0 aliphatic carbocycles. The van der Waals surface area contributed by atoms with Crippen LogP contribution in [0.25, 0.3) is 0 Å². The molecule has 0 saturated heterocycles. The highest BCUT2D eigenvalue weighted by Gasteiger charge is 2.16. The van der Waals surface area contributed by atoms with Gasteiger partial charge in [0.1, 0.15) is 0 Å². The molecule has 0 spiro atoms. The third-order valence-corrected chi connectivity index (χ3v) is 3.20. The van der Waals surface area contributed by atoms with Crippen LogP contribution in [0.2, 0.25) is 0 Å². The van der Waals surface area contributed by atoms with E-state index in [4.69, 9.17) is 4.74 Å². The van der Waals surface area contributed by atoms with E-state index in [-0.39, 0.29) is 5.91 Å². The van der Waals surface area contributed by atoms with Crippen molar-refractivity contribution in [1.82, 2.24) is 4.90 Å². The van der Waals surface area contributed by atoms with Gasteiger partial charge in [0.2, 0.25) is 5.91 Å². The van der Waals surface area contributed by atoms with E-state index in [1.54, 1.807) is 7.11 Å². The number of ether oxygens (including phenoxy) is 1. The fourth-order valence-corrected chi connectivity index (χ4v) is 2.10. The maximum absolute atomic E-state index is 12.0. The highest BCUT2D eigenvalue weighted by Crippen LogP contribution is 2.11. The Balaban J connectivity index is 1.79. The summed E-state index contributed by atoms with van der Waals surface area (Å²) in [7, 11) is 1.70. The number of carbonyl (C=O) groups excluding carboxylic acids is 1. The molecule has 19 heavy (non-hydrogen) atoms. The minimum atomic E-state index is 0.136. The quantitative estimate of drug-likeness (QED) is 0.822. The molecular weight excluding hydrogens is 240 g/mol. The topological polar surface area (TPSA) is 41.6 Å². The van der Waals surface area contributed by atoms with Crippen LogP contribution in [0, 0.1) is 0 Å². The highest BCUT2D eigenvalue weighted by molar-refractivity contribution is 5.81. The molecule has 4 heteroatoms. The average Bonchev–Trinajstić information content (AvgIpc) is 2.47. The summed E-state index contributed by atoms with van der Waals surface area (Å²) in [6, 6.07) is 9.78. The number of nitrogens with one attached hydrogen (secondary N) is 1. The van der Waals surface area contributed by atoms with E-state index in [1.807, 2.05) is 35.2 Å². The molecule has 102 valence electrons. The molecule has 0 saturated carbocycles. The highest BCUT2D eigenvalue weighted by atomic mass is 16.5. The first-order chi connectivity index (χ1) is 9.29. The molecule has 4 nitrogen and oxygen atoms in total. The van der Waals surface area contributed by atoms with Crippen molar-refractivity contribution in [2.24, 2.45) is 0 Å². The number of carbonyl (C=O) groups is 1. The molecule has 0 unspecified atom stereocenters. The third-order valence-electron chi connectivity index (χ3n) is 3.20. The zero-order valence-electron chi connectivity index (χ0n) is 11.3. The first kappa shape index (κ1) is 13.6.